The quantitative estimate of drug-likeness (QED) is 0.790. The smallest absolute Gasteiger partial charge is 0.328 e. The van der Waals surface area contributed by atoms with Crippen molar-refractivity contribution in [3.8, 4) is 0 Å². The first kappa shape index (κ1) is 13.4. The topological polar surface area (TPSA) is 77.9 Å². The van der Waals surface area contributed by atoms with Crippen LogP contribution < -0.4 is 0 Å². The zero-order valence-corrected chi connectivity index (χ0v) is 11.0. The Morgan fingerprint density at radius 3 is 2.83 bits per heavy atom. The minimum atomic E-state index is -0.951. The molecule has 0 aliphatic carbocycles. The van der Waals surface area contributed by atoms with Crippen molar-refractivity contribution in [1.82, 2.24) is 10.0 Å². The number of amides is 1. The summed E-state index contributed by atoms with van der Waals surface area (Å²) in [4.78, 5) is 34.2. The number of carbonyl (C=O) groups excluding carboxylic acids is 2. The molecular formula is C11H16N2O4S. The van der Waals surface area contributed by atoms with Gasteiger partial charge in [0, 0.05) is 25.8 Å². The number of thioether (sulfide) groups is 1. The summed E-state index contributed by atoms with van der Waals surface area (Å²) in [7, 11) is 0. The van der Waals surface area contributed by atoms with Crippen molar-refractivity contribution >= 4 is 28.8 Å². The van der Waals surface area contributed by atoms with Crippen molar-refractivity contribution in [3.63, 3.8) is 0 Å². The molecule has 0 aromatic heterocycles. The molecule has 18 heavy (non-hydrogen) atoms. The molecule has 0 radical (unpaired) electrons. The van der Waals surface area contributed by atoms with E-state index in [1.54, 1.807) is 0 Å². The highest BCUT2D eigenvalue weighted by atomic mass is 32.2. The van der Waals surface area contributed by atoms with Gasteiger partial charge < -0.3 is 5.11 Å². The van der Waals surface area contributed by atoms with Crippen LogP contribution in [0.25, 0.3) is 0 Å². The van der Waals surface area contributed by atoms with E-state index in [9.17, 15) is 14.4 Å². The van der Waals surface area contributed by atoms with E-state index in [2.05, 4.69) is 0 Å². The van der Waals surface area contributed by atoms with Gasteiger partial charge in [0.25, 0.3) is 0 Å². The minimum Gasteiger partial charge on any atom is -0.480 e. The van der Waals surface area contributed by atoms with Crippen molar-refractivity contribution in [2.45, 2.75) is 25.8 Å². The van der Waals surface area contributed by atoms with Gasteiger partial charge >= 0.3 is 5.97 Å². The van der Waals surface area contributed by atoms with Crippen LogP contribution in [0.3, 0.4) is 0 Å². The lowest BCUT2D eigenvalue weighted by molar-refractivity contribution is -0.165. The van der Waals surface area contributed by atoms with Gasteiger partial charge in [0.2, 0.25) is 5.91 Å². The first-order valence-corrected chi connectivity index (χ1v) is 6.93. The third kappa shape index (κ3) is 2.51. The lowest BCUT2D eigenvalue weighted by atomic mass is 10.1. The SMILES string of the molecule is CC(=O)SCC1CN2CCCC(C(=O)O)N2C1=O. The molecule has 2 unspecified atom stereocenters. The third-order valence-corrected chi connectivity index (χ3v) is 4.25. The summed E-state index contributed by atoms with van der Waals surface area (Å²) < 4.78 is 0. The number of aliphatic carboxylic acids is 1. The molecule has 1 amide bonds. The molecule has 2 rings (SSSR count). The molecular weight excluding hydrogens is 256 g/mol. The lowest BCUT2D eigenvalue weighted by Crippen LogP contribution is -2.53. The zero-order chi connectivity index (χ0) is 13.3. The Hall–Kier alpha value is -1.08. The summed E-state index contributed by atoms with van der Waals surface area (Å²) in [5.41, 5.74) is 0. The fraction of sp³-hybridized carbons (Fsp3) is 0.727. The van der Waals surface area contributed by atoms with Crippen molar-refractivity contribution in [2.75, 3.05) is 18.8 Å². The van der Waals surface area contributed by atoms with E-state index in [-0.39, 0.29) is 16.9 Å². The average Bonchev–Trinajstić information content (AvgIpc) is 2.63. The van der Waals surface area contributed by atoms with Gasteiger partial charge in [0.15, 0.2) is 5.12 Å². The van der Waals surface area contributed by atoms with Gasteiger partial charge in [-0.15, -0.1) is 0 Å². The van der Waals surface area contributed by atoms with Crippen LogP contribution in [0.1, 0.15) is 19.8 Å². The number of rotatable bonds is 3. The van der Waals surface area contributed by atoms with Gasteiger partial charge in [-0.25, -0.2) is 9.80 Å². The molecule has 6 nitrogen and oxygen atoms in total. The Morgan fingerprint density at radius 1 is 1.50 bits per heavy atom. The number of hydrogen-bond donors (Lipinski definition) is 1. The predicted molar refractivity (Wildman–Crippen MR) is 65.7 cm³/mol. The zero-order valence-electron chi connectivity index (χ0n) is 10.2. The molecule has 0 aromatic carbocycles. The van der Waals surface area contributed by atoms with E-state index in [1.165, 1.54) is 11.9 Å². The number of carbonyl (C=O) groups is 3. The molecule has 2 saturated heterocycles. The highest BCUT2D eigenvalue weighted by Gasteiger charge is 2.46. The molecule has 2 fully saturated rings. The standard InChI is InChI=1S/C11H16N2O4S/c1-7(14)18-6-8-5-12-4-2-3-9(11(16)17)13(12)10(8)15/h8-9H,2-6H2,1H3,(H,16,17). The summed E-state index contributed by atoms with van der Waals surface area (Å²) in [6.45, 7) is 2.72. The van der Waals surface area contributed by atoms with Crippen LogP contribution in [0, 0.1) is 5.92 Å². The van der Waals surface area contributed by atoms with Crippen LogP contribution in [0.2, 0.25) is 0 Å². The number of hydrogen-bond acceptors (Lipinski definition) is 5. The number of carboxylic acids is 1. The third-order valence-electron chi connectivity index (χ3n) is 3.27. The maximum absolute atomic E-state index is 12.2. The molecule has 7 heteroatoms. The summed E-state index contributed by atoms with van der Waals surface area (Å²) in [5, 5.41) is 12.3. The number of hydrazine groups is 1. The highest BCUT2D eigenvalue weighted by Crippen LogP contribution is 2.29. The monoisotopic (exact) mass is 272 g/mol. The molecule has 1 N–H and O–H groups in total. The average molecular weight is 272 g/mol. The number of fused-ring (bicyclic) bond motifs is 1. The Labute approximate surface area is 109 Å². The fourth-order valence-electron chi connectivity index (χ4n) is 2.46. The van der Waals surface area contributed by atoms with Crippen molar-refractivity contribution in [2.24, 2.45) is 5.92 Å². The van der Waals surface area contributed by atoms with Crippen LogP contribution >= 0.6 is 11.8 Å². The second-order valence-electron chi connectivity index (χ2n) is 4.59. The summed E-state index contributed by atoms with van der Waals surface area (Å²) >= 11 is 1.13. The molecule has 0 bridgehead atoms. The Kier molecular flexibility index (Phi) is 3.91. The van der Waals surface area contributed by atoms with E-state index < -0.39 is 12.0 Å². The second kappa shape index (κ2) is 5.27. The van der Waals surface area contributed by atoms with Crippen LogP contribution in [0.4, 0.5) is 0 Å². The summed E-state index contributed by atoms with van der Waals surface area (Å²) in [6, 6.07) is -0.737. The first-order chi connectivity index (χ1) is 8.50. The van der Waals surface area contributed by atoms with Gasteiger partial charge in [0.1, 0.15) is 6.04 Å². The maximum Gasteiger partial charge on any atom is 0.328 e. The number of carboxylic acid groups (broad SMARTS) is 1. The van der Waals surface area contributed by atoms with Gasteiger partial charge in [-0.3, -0.25) is 14.6 Å². The molecule has 2 atom stereocenters. The molecule has 2 aliphatic rings. The predicted octanol–water partition coefficient (Wildman–Crippen LogP) is 0.189. The normalized spacial score (nSPS) is 28.3. The molecule has 2 aliphatic heterocycles. The second-order valence-corrected chi connectivity index (χ2v) is 5.79. The largest absolute Gasteiger partial charge is 0.480 e. The van der Waals surface area contributed by atoms with E-state index in [4.69, 9.17) is 5.11 Å². The molecule has 100 valence electrons. The van der Waals surface area contributed by atoms with Gasteiger partial charge in [-0.05, 0) is 12.8 Å². The molecule has 0 spiro atoms. The van der Waals surface area contributed by atoms with Gasteiger partial charge in [-0.1, -0.05) is 11.8 Å². The minimum absolute atomic E-state index is 0.0162. The maximum atomic E-state index is 12.2. The van der Waals surface area contributed by atoms with Crippen LogP contribution in [-0.2, 0) is 14.4 Å². The van der Waals surface area contributed by atoms with Crippen molar-refractivity contribution in [1.29, 1.82) is 0 Å². The van der Waals surface area contributed by atoms with Crippen LogP contribution in [0.15, 0.2) is 0 Å². The van der Waals surface area contributed by atoms with Crippen LogP contribution in [0.5, 0.6) is 0 Å². The summed E-state index contributed by atoms with van der Waals surface area (Å²) in [6.07, 6.45) is 1.29. The lowest BCUT2D eigenvalue weighted by Gasteiger charge is -2.37. The van der Waals surface area contributed by atoms with Gasteiger partial charge in [0.05, 0.1) is 5.92 Å². The van der Waals surface area contributed by atoms with E-state index in [0.29, 0.717) is 18.7 Å². The number of nitrogens with zero attached hydrogens (tertiary/aromatic N) is 2. The fourth-order valence-corrected chi connectivity index (χ4v) is 3.14. The Bertz CT molecular complexity index is 387. The van der Waals surface area contributed by atoms with Crippen LogP contribution in [-0.4, -0.2) is 57.0 Å². The van der Waals surface area contributed by atoms with Gasteiger partial charge in [-0.2, -0.15) is 0 Å². The molecule has 0 saturated carbocycles. The van der Waals surface area contributed by atoms with Crippen molar-refractivity contribution < 1.29 is 19.5 Å². The molecule has 0 aromatic rings. The first-order valence-electron chi connectivity index (χ1n) is 5.95. The van der Waals surface area contributed by atoms with E-state index in [0.717, 1.165) is 24.7 Å². The Balaban J connectivity index is 2.06. The van der Waals surface area contributed by atoms with E-state index in [1.807, 2.05) is 5.01 Å². The van der Waals surface area contributed by atoms with Crippen molar-refractivity contribution in [3.05, 3.63) is 0 Å². The van der Waals surface area contributed by atoms with E-state index >= 15 is 0 Å². The molecule has 2 heterocycles. The Morgan fingerprint density at radius 2 is 2.22 bits per heavy atom. The highest BCUT2D eigenvalue weighted by molar-refractivity contribution is 8.13. The summed E-state index contributed by atoms with van der Waals surface area (Å²) in [5.74, 6) is -0.935.